The molecule has 0 aliphatic heterocycles. The number of anilines is 1. The fraction of sp³-hybridized carbons (Fsp3) is 0.192. The van der Waals surface area contributed by atoms with Crippen molar-refractivity contribution in [3.63, 3.8) is 0 Å². The number of hydrogen-bond acceptors (Lipinski definition) is 5. The van der Waals surface area contributed by atoms with Crippen LogP contribution in [-0.4, -0.2) is 26.5 Å². The van der Waals surface area contributed by atoms with Crippen LogP contribution < -0.4 is 10.1 Å². The van der Waals surface area contributed by atoms with Crippen LogP contribution in [0, 0.1) is 6.92 Å². The van der Waals surface area contributed by atoms with Gasteiger partial charge in [-0.05, 0) is 85.4 Å². The lowest BCUT2D eigenvalue weighted by Gasteiger charge is -2.22. The van der Waals surface area contributed by atoms with Crippen molar-refractivity contribution in [1.29, 1.82) is 0 Å². The van der Waals surface area contributed by atoms with E-state index in [2.05, 4.69) is 42.7 Å². The molecule has 7 nitrogen and oxygen atoms in total. The monoisotopic (exact) mass is 522 g/mol. The average Bonchev–Trinajstić information content (AvgIpc) is 3.29. The van der Waals surface area contributed by atoms with Gasteiger partial charge in [0.2, 0.25) is 5.11 Å². The number of aryl methyl sites for hydroxylation is 1. The Morgan fingerprint density at radius 2 is 1.92 bits per heavy atom. The largest absolute Gasteiger partial charge is 0.573 e. The average molecular weight is 523 g/mol. The number of nitrogens with zero attached hydrogens (tertiary/aromatic N) is 5. The van der Waals surface area contributed by atoms with Crippen LogP contribution in [0.2, 0.25) is 0 Å². The Labute approximate surface area is 216 Å². The molecule has 0 spiro atoms. The normalized spacial score (nSPS) is 16.2. The van der Waals surface area contributed by atoms with Gasteiger partial charge in [-0.2, -0.15) is 5.11 Å². The van der Waals surface area contributed by atoms with Crippen molar-refractivity contribution in [2.24, 2.45) is 10.2 Å². The lowest BCUT2D eigenvalue weighted by atomic mass is 9.84. The summed E-state index contributed by atoms with van der Waals surface area (Å²) in [5, 5.41) is 20.2. The number of azo groups is 1. The second kappa shape index (κ2) is 10.1. The fourth-order valence-corrected chi connectivity index (χ4v) is 4.41. The maximum absolute atomic E-state index is 12.4. The van der Waals surface area contributed by atoms with Crippen molar-refractivity contribution < 1.29 is 17.9 Å². The van der Waals surface area contributed by atoms with Gasteiger partial charge in [-0.25, -0.2) is 4.68 Å². The lowest BCUT2D eigenvalue weighted by Crippen LogP contribution is -2.17. The van der Waals surface area contributed by atoms with E-state index < -0.39 is 6.36 Å². The number of hydrogen-bond donors (Lipinski definition) is 1. The highest BCUT2D eigenvalue weighted by molar-refractivity contribution is 7.80. The Morgan fingerprint density at radius 1 is 1.14 bits per heavy atom. The Balaban J connectivity index is 1.27. The molecule has 2 aliphatic carbocycles. The molecule has 0 saturated carbocycles. The van der Waals surface area contributed by atoms with Gasteiger partial charge < -0.3 is 10.1 Å². The Bertz CT molecular complexity index is 1470. The van der Waals surface area contributed by atoms with E-state index in [4.69, 9.17) is 12.2 Å². The van der Waals surface area contributed by atoms with Gasteiger partial charge in [0.15, 0.2) is 0 Å². The van der Waals surface area contributed by atoms with Gasteiger partial charge in [0.1, 0.15) is 11.4 Å². The molecule has 11 heteroatoms. The van der Waals surface area contributed by atoms with Crippen LogP contribution in [-0.2, 0) is 6.42 Å². The maximum Gasteiger partial charge on any atom is 0.573 e. The number of ether oxygens (including phenoxy) is 1. The Morgan fingerprint density at radius 3 is 2.68 bits per heavy atom. The fourth-order valence-electron chi connectivity index (χ4n) is 4.25. The van der Waals surface area contributed by atoms with E-state index in [1.165, 1.54) is 24.3 Å². The number of para-hydroxylation sites is 1. The summed E-state index contributed by atoms with van der Waals surface area (Å²) in [7, 11) is 0. The van der Waals surface area contributed by atoms with E-state index in [0.717, 1.165) is 45.8 Å². The van der Waals surface area contributed by atoms with Crippen molar-refractivity contribution >= 4 is 28.6 Å². The van der Waals surface area contributed by atoms with E-state index in [-0.39, 0.29) is 10.9 Å². The molecule has 37 heavy (non-hydrogen) atoms. The Kier molecular flexibility index (Phi) is 6.70. The first-order valence-corrected chi connectivity index (χ1v) is 11.9. The van der Waals surface area contributed by atoms with Crippen LogP contribution in [0.4, 0.5) is 18.9 Å². The molecular formula is C26H21F3N6OS. The molecule has 188 valence electrons. The summed E-state index contributed by atoms with van der Waals surface area (Å²) in [6.07, 6.45) is 3.22. The zero-order chi connectivity index (χ0) is 26.0. The molecule has 5 rings (SSSR count). The first-order valence-electron chi connectivity index (χ1n) is 11.5. The van der Waals surface area contributed by atoms with Gasteiger partial charge >= 0.3 is 6.36 Å². The third kappa shape index (κ3) is 5.67. The van der Waals surface area contributed by atoms with Crippen molar-refractivity contribution in [1.82, 2.24) is 15.0 Å². The molecule has 1 N–H and O–H groups in total. The summed E-state index contributed by atoms with van der Waals surface area (Å²) in [6, 6.07) is 13.4. The summed E-state index contributed by atoms with van der Waals surface area (Å²) in [5.74, 6) is -0.284. The third-order valence-electron chi connectivity index (χ3n) is 5.97. The van der Waals surface area contributed by atoms with Gasteiger partial charge in [0.05, 0.1) is 17.6 Å². The zero-order valence-electron chi connectivity index (χ0n) is 19.7. The standard InChI is InChI=1S/C26H21F3N6OS/c1-16-4-2-3-5-22(16)31-25(37)33-30-15-17-6-12-21-18(14-17)7-13-23-24(21)32-34-35(23)19-8-10-20(11-9-19)36-26(27,28)29/h2-5,8-12,14-15H,6-7,13H2,1H3,(H,31,37)/b17-15+,33-30?. The summed E-state index contributed by atoms with van der Waals surface area (Å²) in [5.41, 5.74) is 7.39. The molecule has 2 aromatic carbocycles. The van der Waals surface area contributed by atoms with Crippen LogP contribution in [0.15, 0.2) is 88.3 Å². The van der Waals surface area contributed by atoms with Crippen molar-refractivity contribution in [3.05, 3.63) is 95.0 Å². The number of halogens is 3. The molecule has 0 fully saturated rings. The minimum Gasteiger partial charge on any atom is -0.406 e. The molecule has 0 radical (unpaired) electrons. The third-order valence-corrected chi connectivity index (χ3v) is 6.15. The van der Waals surface area contributed by atoms with Crippen molar-refractivity contribution in [3.8, 4) is 11.4 Å². The zero-order valence-corrected chi connectivity index (χ0v) is 20.5. The summed E-state index contributed by atoms with van der Waals surface area (Å²) in [4.78, 5) is 0. The number of rotatable bonds is 4. The SMILES string of the molecule is Cc1ccccc1NC(=S)N=N/C=C1/C=C2CCc3c(nnn3-c3ccc(OC(F)(F)F)cc3)C2=CC1. The maximum atomic E-state index is 12.4. The van der Waals surface area contributed by atoms with Crippen LogP contribution in [0.3, 0.4) is 0 Å². The Hall–Kier alpha value is -4.12. The predicted octanol–water partition coefficient (Wildman–Crippen LogP) is 6.87. The van der Waals surface area contributed by atoms with Gasteiger partial charge in [0, 0.05) is 11.3 Å². The molecule has 0 unspecified atom stereocenters. The molecule has 3 aromatic rings. The van der Waals surface area contributed by atoms with E-state index in [1.807, 2.05) is 31.2 Å². The first-order chi connectivity index (χ1) is 17.8. The summed E-state index contributed by atoms with van der Waals surface area (Å²) in [6.45, 7) is 1.99. The smallest absolute Gasteiger partial charge is 0.406 e. The number of aromatic nitrogens is 3. The molecular weight excluding hydrogens is 501 g/mol. The topological polar surface area (TPSA) is 76.7 Å². The predicted molar refractivity (Wildman–Crippen MR) is 137 cm³/mol. The van der Waals surface area contributed by atoms with Crippen molar-refractivity contribution in [2.75, 3.05) is 5.32 Å². The molecule has 0 atom stereocenters. The lowest BCUT2D eigenvalue weighted by molar-refractivity contribution is -0.274. The van der Waals surface area contributed by atoms with E-state index in [0.29, 0.717) is 18.5 Å². The second-order valence-corrected chi connectivity index (χ2v) is 8.88. The molecule has 0 saturated heterocycles. The second-order valence-electron chi connectivity index (χ2n) is 8.49. The molecule has 0 amide bonds. The summed E-state index contributed by atoms with van der Waals surface area (Å²) < 4.78 is 42.9. The van der Waals surface area contributed by atoms with Crippen LogP contribution in [0.25, 0.3) is 11.3 Å². The molecule has 2 aliphatic rings. The molecule has 0 bridgehead atoms. The van der Waals surface area contributed by atoms with E-state index in [9.17, 15) is 13.2 Å². The molecule has 1 aromatic heterocycles. The van der Waals surface area contributed by atoms with Crippen LogP contribution >= 0.6 is 12.2 Å². The minimum absolute atomic E-state index is 0.280. The van der Waals surface area contributed by atoms with Gasteiger partial charge in [-0.1, -0.05) is 35.6 Å². The highest BCUT2D eigenvalue weighted by Gasteiger charge is 2.31. The number of nitrogens with one attached hydrogen (secondary N) is 1. The van der Waals surface area contributed by atoms with Crippen molar-refractivity contribution in [2.45, 2.75) is 32.5 Å². The highest BCUT2D eigenvalue weighted by atomic mass is 32.1. The van der Waals surface area contributed by atoms with E-state index >= 15 is 0 Å². The van der Waals surface area contributed by atoms with E-state index in [1.54, 1.807) is 10.9 Å². The highest BCUT2D eigenvalue weighted by Crippen LogP contribution is 2.38. The number of benzene rings is 2. The van der Waals surface area contributed by atoms with Gasteiger partial charge in [-0.3, -0.25) is 0 Å². The number of allylic oxidation sites excluding steroid dienone is 5. The minimum atomic E-state index is -4.73. The number of fused-ring (bicyclic) bond motifs is 3. The first kappa shape index (κ1) is 24.6. The molecule has 1 heterocycles. The van der Waals surface area contributed by atoms with Gasteiger partial charge in [0.25, 0.3) is 0 Å². The number of alkyl halides is 3. The van der Waals surface area contributed by atoms with Crippen LogP contribution in [0.1, 0.15) is 29.8 Å². The van der Waals surface area contributed by atoms with Gasteiger partial charge in [-0.15, -0.1) is 23.4 Å². The quantitative estimate of drug-likeness (QED) is 0.299. The van der Waals surface area contributed by atoms with Crippen LogP contribution in [0.5, 0.6) is 5.75 Å². The number of thiocarbonyl (C=S) groups is 1. The summed E-state index contributed by atoms with van der Waals surface area (Å²) >= 11 is 5.27.